The first kappa shape index (κ1) is 10.1. The van der Waals surface area contributed by atoms with Gasteiger partial charge in [0.25, 0.3) is 0 Å². The third kappa shape index (κ3) is 3.71. The average molecular weight is 155 g/mol. The highest BCUT2D eigenvalue weighted by atomic mass is 19.1. The van der Waals surface area contributed by atoms with E-state index in [0.29, 0.717) is 5.69 Å². The third-order valence-corrected chi connectivity index (χ3v) is 1.11. The van der Waals surface area contributed by atoms with E-state index in [9.17, 15) is 4.39 Å². The number of nitrogens with zero attached hydrogens (tertiary/aromatic N) is 1. The summed E-state index contributed by atoms with van der Waals surface area (Å²) in [5.41, 5.74) is 1.56. The molecule has 1 nitrogen and oxygen atoms in total. The van der Waals surface area contributed by atoms with Crippen molar-refractivity contribution in [2.24, 2.45) is 0 Å². The molecule has 0 radical (unpaired) electrons. The Morgan fingerprint density at radius 3 is 2.45 bits per heavy atom. The molecule has 0 aliphatic carbocycles. The van der Waals surface area contributed by atoms with Crippen molar-refractivity contribution >= 4 is 0 Å². The molecule has 0 spiro atoms. The number of hydrogen-bond donors (Lipinski definition) is 0. The molecule has 0 saturated heterocycles. The van der Waals surface area contributed by atoms with Gasteiger partial charge in [0, 0.05) is 6.20 Å². The molecule has 1 aromatic rings. The zero-order valence-corrected chi connectivity index (χ0v) is 7.26. The molecule has 0 aliphatic heterocycles. The highest BCUT2D eigenvalue weighted by Crippen LogP contribution is 2.00. The summed E-state index contributed by atoms with van der Waals surface area (Å²) in [6, 6.07) is 3.58. The zero-order valence-electron chi connectivity index (χ0n) is 7.26. The fraction of sp³-hybridized carbons (Fsp3) is 0.444. The van der Waals surface area contributed by atoms with Gasteiger partial charge < -0.3 is 0 Å². The lowest BCUT2D eigenvalue weighted by Crippen LogP contribution is -1.84. The predicted molar refractivity (Wildman–Crippen MR) is 45.1 cm³/mol. The van der Waals surface area contributed by atoms with Crippen LogP contribution in [0, 0.1) is 6.92 Å². The standard InChI is InChI=1S/C7H8FN.C2H6/c1-6-2-3-9-7(4-6)5-8;1-2/h2-4H,5H2,1H3;1-2H3. The summed E-state index contributed by atoms with van der Waals surface area (Å²) in [5, 5.41) is 0. The number of aromatic nitrogens is 1. The second-order valence-corrected chi connectivity index (χ2v) is 1.96. The van der Waals surface area contributed by atoms with E-state index in [1.54, 1.807) is 12.3 Å². The van der Waals surface area contributed by atoms with Crippen LogP contribution in [0.1, 0.15) is 25.1 Å². The largest absolute Gasteiger partial charge is 0.258 e. The second-order valence-electron chi connectivity index (χ2n) is 1.96. The van der Waals surface area contributed by atoms with Gasteiger partial charge in [-0.25, -0.2) is 4.39 Å². The van der Waals surface area contributed by atoms with Gasteiger partial charge in [0.1, 0.15) is 6.67 Å². The Labute approximate surface area is 67.3 Å². The minimum absolute atomic E-state index is 0.471. The van der Waals surface area contributed by atoms with Gasteiger partial charge in [-0.1, -0.05) is 13.8 Å². The maximum atomic E-state index is 11.8. The Balaban J connectivity index is 0.000000461. The SMILES string of the molecule is CC.Cc1ccnc(CF)c1. The number of hydrogen-bond acceptors (Lipinski definition) is 1. The summed E-state index contributed by atoms with van der Waals surface area (Å²) in [6.07, 6.45) is 1.62. The van der Waals surface area contributed by atoms with Gasteiger partial charge in [0.15, 0.2) is 0 Å². The van der Waals surface area contributed by atoms with Crippen molar-refractivity contribution in [3.8, 4) is 0 Å². The normalized spacial score (nSPS) is 8.36. The van der Waals surface area contributed by atoms with Gasteiger partial charge in [-0.05, 0) is 24.6 Å². The molecule has 2 heteroatoms. The van der Waals surface area contributed by atoms with Crippen molar-refractivity contribution in [3.05, 3.63) is 29.6 Å². The third-order valence-electron chi connectivity index (χ3n) is 1.11. The molecule has 0 atom stereocenters. The van der Waals surface area contributed by atoms with Gasteiger partial charge >= 0.3 is 0 Å². The van der Waals surface area contributed by atoms with E-state index in [1.807, 2.05) is 26.8 Å². The van der Waals surface area contributed by atoms with E-state index < -0.39 is 6.67 Å². The fourth-order valence-electron chi connectivity index (χ4n) is 0.672. The maximum Gasteiger partial charge on any atom is 0.131 e. The highest BCUT2D eigenvalue weighted by molar-refractivity contribution is 5.13. The van der Waals surface area contributed by atoms with Gasteiger partial charge in [0.05, 0.1) is 5.69 Å². The number of alkyl halides is 1. The number of rotatable bonds is 1. The van der Waals surface area contributed by atoms with Crippen LogP contribution in [-0.2, 0) is 6.67 Å². The molecular formula is C9H14FN. The molecule has 0 bridgehead atoms. The molecule has 1 heterocycles. The van der Waals surface area contributed by atoms with Crippen LogP contribution < -0.4 is 0 Å². The molecule has 0 amide bonds. The van der Waals surface area contributed by atoms with Crippen LogP contribution >= 0.6 is 0 Å². The van der Waals surface area contributed by atoms with E-state index in [4.69, 9.17) is 0 Å². The van der Waals surface area contributed by atoms with E-state index in [1.165, 1.54) is 0 Å². The van der Waals surface area contributed by atoms with E-state index in [-0.39, 0.29) is 0 Å². The van der Waals surface area contributed by atoms with Gasteiger partial charge in [-0.3, -0.25) is 4.98 Å². The van der Waals surface area contributed by atoms with Gasteiger partial charge in [-0.2, -0.15) is 0 Å². The molecule has 1 rings (SSSR count). The van der Waals surface area contributed by atoms with Crippen LogP contribution in [0.25, 0.3) is 0 Å². The lowest BCUT2D eigenvalue weighted by Gasteiger charge is -1.92. The van der Waals surface area contributed by atoms with Crippen molar-refractivity contribution in [2.45, 2.75) is 27.4 Å². The molecule has 0 aromatic carbocycles. The van der Waals surface area contributed by atoms with Crippen LogP contribution in [0.5, 0.6) is 0 Å². The highest BCUT2D eigenvalue weighted by Gasteiger charge is 1.89. The van der Waals surface area contributed by atoms with Gasteiger partial charge in [-0.15, -0.1) is 0 Å². The molecule has 11 heavy (non-hydrogen) atoms. The maximum absolute atomic E-state index is 11.8. The number of halogens is 1. The Kier molecular flexibility index (Phi) is 5.35. The van der Waals surface area contributed by atoms with Crippen LogP contribution in [0.3, 0.4) is 0 Å². The van der Waals surface area contributed by atoms with Crippen molar-refractivity contribution in [2.75, 3.05) is 0 Å². The molecular weight excluding hydrogens is 141 g/mol. The summed E-state index contributed by atoms with van der Waals surface area (Å²) < 4.78 is 11.8. The fourth-order valence-corrected chi connectivity index (χ4v) is 0.672. The predicted octanol–water partition coefficient (Wildman–Crippen LogP) is 2.89. The monoisotopic (exact) mass is 155 g/mol. The Morgan fingerprint density at radius 1 is 1.45 bits per heavy atom. The van der Waals surface area contributed by atoms with Crippen LogP contribution in [0.15, 0.2) is 18.3 Å². The van der Waals surface area contributed by atoms with E-state index >= 15 is 0 Å². The van der Waals surface area contributed by atoms with Crippen molar-refractivity contribution in [1.29, 1.82) is 0 Å². The van der Waals surface area contributed by atoms with E-state index in [0.717, 1.165) is 5.56 Å². The Bertz CT molecular complexity index is 199. The second kappa shape index (κ2) is 5.83. The smallest absolute Gasteiger partial charge is 0.131 e. The molecule has 0 unspecified atom stereocenters. The molecule has 62 valence electrons. The molecule has 0 N–H and O–H groups in total. The Morgan fingerprint density at radius 2 is 2.09 bits per heavy atom. The topological polar surface area (TPSA) is 12.9 Å². The van der Waals surface area contributed by atoms with E-state index in [2.05, 4.69) is 4.98 Å². The first-order valence-corrected chi connectivity index (χ1v) is 3.80. The minimum atomic E-state index is -0.471. The Hall–Kier alpha value is -0.920. The summed E-state index contributed by atoms with van der Waals surface area (Å²) >= 11 is 0. The summed E-state index contributed by atoms with van der Waals surface area (Å²) in [5.74, 6) is 0. The summed E-state index contributed by atoms with van der Waals surface area (Å²) in [6.45, 7) is 5.45. The first-order valence-electron chi connectivity index (χ1n) is 3.80. The molecule has 0 saturated carbocycles. The zero-order chi connectivity index (χ0) is 8.69. The van der Waals surface area contributed by atoms with Crippen molar-refractivity contribution < 1.29 is 4.39 Å². The molecule has 0 fully saturated rings. The molecule has 0 aliphatic rings. The summed E-state index contributed by atoms with van der Waals surface area (Å²) in [4.78, 5) is 3.78. The quantitative estimate of drug-likeness (QED) is 0.607. The van der Waals surface area contributed by atoms with Crippen LogP contribution in [-0.4, -0.2) is 4.98 Å². The summed E-state index contributed by atoms with van der Waals surface area (Å²) in [7, 11) is 0. The van der Waals surface area contributed by atoms with Crippen LogP contribution in [0.4, 0.5) is 4.39 Å². The minimum Gasteiger partial charge on any atom is -0.258 e. The van der Waals surface area contributed by atoms with Crippen LogP contribution in [0.2, 0.25) is 0 Å². The number of aryl methyl sites for hydroxylation is 1. The molecule has 1 aromatic heterocycles. The lowest BCUT2D eigenvalue weighted by atomic mass is 10.2. The first-order chi connectivity index (χ1) is 5.33. The van der Waals surface area contributed by atoms with Gasteiger partial charge in [0.2, 0.25) is 0 Å². The number of pyridine rings is 1. The lowest BCUT2D eigenvalue weighted by molar-refractivity contribution is 0.476. The van der Waals surface area contributed by atoms with Crippen molar-refractivity contribution in [1.82, 2.24) is 4.98 Å². The average Bonchev–Trinajstić information content (AvgIpc) is 2.08. The van der Waals surface area contributed by atoms with Crippen molar-refractivity contribution in [3.63, 3.8) is 0 Å².